The molecular formula is C24H26ClN3O. The normalized spacial score (nSPS) is 15.4. The standard InChI is InChI=1S/C24H25N3O.ClH/c1-15-9-5-7-11-20(15)22(28)23-25-17(3)16(2)24(26-23)27-14-13-19-10-6-8-12-21(19)18(27)4;/h5-12,18H,13-14H2,1-4H3;1H. The van der Waals surface area contributed by atoms with E-state index < -0.39 is 0 Å². The van der Waals surface area contributed by atoms with Gasteiger partial charge in [0, 0.05) is 23.4 Å². The first kappa shape index (κ1) is 21.0. The molecular weight excluding hydrogens is 382 g/mol. The van der Waals surface area contributed by atoms with E-state index >= 15 is 0 Å². The van der Waals surface area contributed by atoms with Gasteiger partial charge in [-0.15, -0.1) is 12.4 Å². The highest BCUT2D eigenvalue weighted by molar-refractivity contribution is 6.07. The van der Waals surface area contributed by atoms with Crippen LogP contribution in [0.3, 0.4) is 0 Å². The summed E-state index contributed by atoms with van der Waals surface area (Å²) in [4.78, 5) is 24.7. The van der Waals surface area contributed by atoms with Gasteiger partial charge in [0.2, 0.25) is 11.6 Å². The molecule has 29 heavy (non-hydrogen) atoms. The molecule has 0 fully saturated rings. The van der Waals surface area contributed by atoms with Gasteiger partial charge in [-0.05, 0) is 50.8 Å². The zero-order valence-corrected chi connectivity index (χ0v) is 18.1. The molecule has 0 spiro atoms. The van der Waals surface area contributed by atoms with Gasteiger partial charge in [-0.1, -0.05) is 48.5 Å². The van der Waals surface area contributed by atoms with Crippen LogP contribution in [0.1, 0.15) is 57.1 Å². The third-order valence-corrected chi connectivity index (χ3v) is 5.82. The molecule has 1 aromatic heterocycles. The minimum absolute atomic E-state index is 0. The zero-order valence-electron chi connectivity index (χ0n) is 17.3. The highest BCUT2D eigenvalue weighted by atomic mass is 35.5. The molecule has 0 saturated carbocycles. The van der Waals surface area contributed by atoms with Crippen molar-refractivity contribution in [2.45, 2.75) is 40.2 Å². The van der Waals surface area contributed by atoms with Gasteiger partial charge in [0.1, 0.15) is 5.82 Å². The topological polar surface area (TPSA) is 46.1 Å². The average Bonchev–Trinajstić information content (AvgIpc) is 2.71. The van der Waals surface area contributed by atoms with E-state index in [4.69, 9.17) is 4.98 Å². The van der Waals surface area contributed by atoms with Crippen LogP contribution in [0.15, 0.2) is 48.5 Å². The lowest BCUT2D eigenvalue weighted by molar-refractivity contribution is 0.102. The second-order valence-corrected chi connectivity index (χ2v) is 7.54. The van der Waals surface area contributed by atoms with Crippen molar-refractivity contribution in [3.05, 3.63) is 87.9 Å². The Kier molecular flexibility index (Phi) is 6.04. The molecule has 0 saturated heterocycles. The molecule has 150 valence electrons. The van der Waals surface area contributed by atoms with Gasteiger partial charge in [0.15, 0.2) is 0 Å². The molecule has 0 N–H and O–H groups in total. The number of aryl methyl sites for hydroxylation is 2. The molecule has 4 rings (SSSR count). The van der Waals surface area contributed by atoms with Crippen molar-refractivity contribution in [3.63, 3.8) is 0 Å². The number of anilines is 1. The molecule has 0 aliphatic carbocycles. The molecule has 2 heterocycles. The Morgan fingerprint density at radius 2 is 1.69 bits per heavy atom. The third kappa shape index (κ3) is 3.77. The summed E-state index contributed by atoms with van der Waals surface area (Å²) < 4.78 is 0. The Hall–Kier alpha value is -2.72. The number of halogens is 1. The maximum absolute atomic E-state index is 13.1. The fourth-order valence-corrected chi connectivity index (χ4v) is 4.00. The van der Waals surface area contributed by atoms with E-state index in [9.17, 15) is 4.79 Å². The lowest BCUT2D eigenvalue weighted by Crippen LogP contribution is -2.35. The number of fused-ring (bicyclic) bond motifs is 1. The largest absolute Gasteiger partial charge is 0.349 e. The van der Waals surface area contributed by atoms with E-state index in [1.54, 1.807) is 0 Å². The van der Waals surface area contributed by atoms with Gasteiger partial charge in [0.05, 0.1) is 6.04 Å². The lowest BCUT2D eigenvalue weighted by Gasteiger charge is -2.37. The molecule has 3 aromatic rings. The number of carbonyl (C=O) groups excluding carboxylic acids is 1. The van der Waals surface area contributed by atoms with Gasteiger partial charge >= 0.3 is 0 Å². The minimum atomic E-state index is -0.118. The van der Waals surface area contributed by atoms with Crippen LogP contribution in [-0.2, 0) is 6.42 Å². The third-order valence-electron chi connectivity index (χ3n) is 5.82. The fourth-order valence-electron chi connectivity index (χ4n) is 4.00. The minimum Gasteiger partial charge on any atom is -0.349 e. The maximum Gasteiger partial charge on any atom is 0.230 e. The fraction of sp³-hybridized carbons (Fsp3) is 0.292. The molecule has 4 nitrogen and oxygen atoms in total. The zero-order chi connectivity index (χ0) is 19.8. The van der Waals surface area contributed by atoms with Crippen molar-refractivity contribution in [1.29, 1.82) is 0 Å². The molecule has 1 atom stereocenters. The molecule has 1 unspecified atom stereocenters. The molecule has 0 amide bonds. The Morgan fingerprint density at radius 3 is 2.45 bits per heavy atom. The van der Waals surface area contributed by atoms with E-state index in [2.05, 4.69) is 41.1 Å². The molecule has 0 bridgehead atoms. The van der Waals surface area contributed by atoms with Crippen molar-refractivity contribution >= 4 is 24.0 Å². The van der Waals surface area contributed by atoms with E-state index in [1.807, 2.05) is 45.0 Å². The molecule has 5 heteroatoms. The van der Waals surface area contributed by atoms with Crippen LogP contribution in [0.5, 0.6) is 0 Å². The molecule has 0 radical (unpaired) electrons. The van der Waals surface area contributed by atoms with Crippen LogP contribution >= 0.6 is 12.4 Å². The SMILES string of the molecule is Cc1ccccc1C(=O)c1nc(C)c(C)c(N2CCc3ccccc3C2C)n1.Cl. The van der Waals surface area contributed by atoms with Gasteiger partial charge in [0.25, 0.3) is 0 Å². The number of nitrogens with zero attached hydrogens (tertiary/aromatic N) is 3. The summed E-state index contributed by atoms with van der Waals surface area (Å²) in [7, 11) is 0. The van der Waals surface area contributed by atoms with E-state index in [1.165, 1.54) is 11.1 Å². The summed E-state index contributed by atoms with van der Waals surface area (Å²) in [6.45, 7) is 9.03. The van der Waals surface area contributed by atoms with Gasteiger partial charge < -0.3 is 4.90 Å². The summed E-state index contributed by atoms with van der Waals surface area (Å²) in [5, 5.41) is 0. The van der Waals surface area contributed by atoms with Crippen molar-refractivity contribution in [2.75, 3.05) is 11.4 Å². The first-order chi connectivity index (χ1) is 13.5. The van der Waals surface area contributed by atoms with Crippen LogP contribution in [0.4, 0.5) is 5.82 Å². The van der Waals surface area contributed by atoms with E-state index in [0.717, 1.165) is 35.6 Å². The number of aromatic nitrogens is 2. The van der Waals surface area contributed by atoms with Crippen molar-refractivity contribution < 1.29 is 4.79 Å². The van der Waals surface area contributed by atoms with Crippen LogP contribution < -0.4 is 4.90 Å². The van der Waals surface area contributed by atoms with E-state index in [0.29, 0.717) is 5.56 Å². The lowest BCUT2D eigenvalue weighted by atomic mass is 9.93. The summed E-state index contributed by atoms with van der Waals surface area (Å²) in [6.07, 6.45) is 0.976. The van der Waals surface area contributed by atoms with Gasteiger partial charge in [-0.3, -0.25) is 4.79 Å². The number of rotatable bonds is 3. The summed E-state index contributed by atoms with van der Waals surface area (Å²) >= 11 is 0. The van der Waals surface area contributed by atoms with Crippen molar-refractivity contribution in [3.8, 4) is 0 Å². The average molecular weight is 408 g/mol. The van der Waals surface area contributed by atoms with Gasteiger partial charge in [-0.25, -0.2) is 9.97 Å². The Labute approximate surface area is 178 Å². The highest BCUT2D eigenvalue weighted by Gasteiger charge is 2.27. The number of hydrogen-bond donors (Lipinski definition) is 0. The molecule has 1 aliphatic rings. The first-order valence-electron chi connectivity index (χ1n) is 9.77. The number of hydrogen-bond acceptors (Lipinski definition) is 4. The first-order valence-corrected chi connectivity index (χ1v) is 9.77. The summed E-state index contributed by atoms with van der Waals surface area (Å²) in [5.41, 5.74) is 6.22. The Morgan fingerprint density at radius 1 is 1.00 bits per heavy atom. The van der Waals surface area contributed by atoms with E-state index in [-0.39, 0.29) is 30.1 Å². The second-order valence-electron chi connectivity index (χ2n) is 7.54. The second kappa shape index (κ2) is 8.34. The quantitative estimate of drug-likeness (QED) is 0.561. The predicted molar refractivity (Wildman–Crippen MR) is 119 cm³/mol. The van der Waals surface area contributed by atoms with Crippen molar-refractivity contribution in [2.24, 2.45) is 0 Å². The molecule has 2 aromatic carbocycles. The predicted octanol–water partition coefficient (Wildman–Crippen LogP) is 5.18. The summed E-state index contributed by atoms with van der Waals surface area (Å²) in [5.74, 6) is 1.03. The monoisotopic (exact) mass is 407 g/mol. The highest BCUT2D eigenvalue weighted by Crippen LogP contribution is 2.34. The smallest absolute Gasteiger partial charge is 0.230 e. The van der Waals surface area contributed by atoms with Crippen LogP contribution in [0.2, 0.25) is 0 Å². The van der Waals surface area contributed by atoms with Crippen LogP contribution in [0.25, 0.3) is 0 Å². The number of ketones is 1. The van der Waals surface area contributed by atoms with Crippen LogP contribution in [0, 0.1) is 20.8 Å². The number of carbonyl (C=O) groups is 1. The molecule has 1 aliphatic heterocycles. The van der Waals surface area contributed by atoms with Gasteiger partial charge in [-0.2, -0.15) is 0 Å². The number of benzene rings is 2. The maximum atomic E-state index is 13.1. The van der Waals surface area contributed by atoms with Crippen molar-refractivity contribution in [1.82, 2.24) is 9.97 Å². The Balaban J connectivity index is 0.00000240. The summed E-state index contributed by atoms with van der Waals surface area (Å²) in [6, 6.07) is 16.4. The Bertz CT molecular complexity index is 1060. The van der Waals surface area contributed by atoms with Crippen LogP contribution in [-0.4, -0.2) is 22.3 Å².